The Morgan fingerprint density at radius 2 is 1.90 bits per heavy atom. The predicted octanol–water partition coefficient (Wildman–Crippen LogP) is 4.50. The third-order valence-electron chi connectivity index (χ3n) is 5.40. The first kappa shape index (κ1) is 14.9. The van der Waals surface area contributed by atoms with Gasteiger partial charge in [-0.1, -0.05) is 50.3 Å². The van der Waals surface area contributed by atoms with Gasteiger partial charge in [-0.05, 0) is 49.8 Å². The lowest BCUT2D eigenvalue weighted by Crippen LogP contribution is -2.31. The molecule has 2 atom stereocenters. The third-order valence-corrected chi connectivity index (χ3v) is 5.40. The van der Waals surface area contributed by atoms with Gasteiger partial charge in [-0.15, -0.1) is 0 Å². The van der Waals surface area contributed by atoms with Crippen molar-refractivity contribution in [3.8, 4) is 5.75 Å². The van der Waals surface area contributed by atoms with Crippen LogP contribution in [0.1, 0.15) is 62.8 Å². The third kappa shape index (κ3) is 3.79. The van der Waals surface area contributed by atoms with Gasteiger partial charge in [0.25, 0.3) is 0 Å². The number of nitrogens with one attached hydrogen (secondary N) is 1. The summed E-state index contributed by atoms with van der Waals surface area (Å²) in [6.07, 6.45) is 11.0. The number of rotatable bonds is 5. The summed E-state index contributed by atoms with van der Waals surface area (Å²) in [5, 5.41) is 3.59. The lowest BCUT2D eigenvalue weighted by atomic mass is 9.80. The number of para-hydroxylation sites is 1. The largest absolute Gasteiger partial charge is 0.493 e. The van der Waals surface area contributed by atoms with Gasteiger partial charge in [-0.2, -0.15) is 0 Å². The predicted molar refractivity (Wildman–Crippen MR) is 88.0 cm³/mol. The summed E-state index contributed by atoms with van der Waals surface area (Å²) in [6.45, 7) is 0.877. The number of benzene rings is 1. The van der Waals surface area contributed by atoms with E-state index in [1.165, 1.54) is 56.9 Å². The molecule has 1 aromatic rings. The van der Waals surface area contributed by atoms with Crippen LogP contribution in [0.5, 0.6) is 5.75 Å². The number of ether oxygens (including phenoxy) is 1. The first-order valence-electron chi connectivity index (χ1n) is 8.76. The van der Waals surface area contributed by atoms with Crippen molar-refractivity contribution in [1.82, 2.24) is 5.32 Å². The van der Waals surface area contributed by atoms with E-state index in [2.05, 4.69) is 36.6 Å². The van der Waals surface area contributed by atoms with Crippen molar-refractivity contribution in [2.45, 2.75) is 63.3 Å². The Hall–Kier alpha value is -1.02. The standard InChI is InChI=1S/C19H29NO/c1-20-17(13-15-7-3-2-4-8-15)14-16-11-12-21-19-10-6-5-9-18(16)19/h5-6,9-10,15-17,20H,2-4,7-8,11-14H2,1H3. The molecule has 1 fully saturated rings. The molecular formula is C19H29NO. The molecule has 0 saturated heterocycles. The van der Waals surface area contributed by atoms with Gasteiger partial charge < -0.3 is 10.1 Å². The van der Waals surface area contributed by atoms with Crippen molar-refractivity contribution in [2.24, 2.45) is 5.92 Å². The normalized spacial score (nSPS) is 24.1. The second-order valence-corrected chi connectivity index (χ2v) is 6.83. The minimum atomic E-state index is 0.657. The Balaban J connectivity index is 1.61. The molecule has 1 aliphatic carbocycles. The van der Waals surface area contributed by atoms with Crippen LogP contribution in [0, 0.1) is 5.92 Å². The smallest absolute Gasteiger partial charge is 0.122 e. The van der Waals surface area contributed by atoms with Crippen LogP contribution in [0.15, 0.2) is 24.3 Å². The zero-order chi connectivity index (χ0) is 14.5. The zero-order valence-corrected chi connectivity index (χ0v) is 13.3. The summed E-state index contributed by atoms with van der Waals surface area (Å²) in [4.78, 5) is 0. The summed E-state index contributed by atoms with van der Waals surface area (Å²) in [6, 6.07) is 9.27. The van der Waals surface area contributed by atoms with E-state index in [0.29, 0.717) is 12.0 Å². The fourth-order valence-electron chi connectivity index (χ4n) is 4.16. The van der Waals surface area contributed by atoms with Gasteiger partial charge in [0.2, 0.25) is 0 Å². The Morgan fingerprint density at radius 3 is 2.71 bits per heavy atom. The molecule has 0 bridgehead atoms. The fourth-order valence-corrected chi connectivity index (χ4v) is 4.16. The van der Waals surface area contributed by atoms with Crippen LogP contribution < -0.4 is 10.1 Å². The molecule has 2 aliphatic rings. The Morgan fingerprint density at radius 1 is 1.10 bits per heavy atom. The van der Waals surface area contributed by atoms with Crippen molar-refractivity contribution < 1.29 is 4.74 Å². The molecule has 3 rings (SSSR count). The Labute approximate surface area is 129 Å². The second kappa shape index (κ2) is 7.31. The highest BCUT2D eigenvalue weighted by atomic mass is 16.5. The molecule has 1 aromatic carbocycles. The fraction of sp³-hybridized carbons (Fsp3) is 0.684. The molecule has 116 valence electrons. The molecule has 0 aromatic heterocycles. The lowest BCUT2D eigenvalue weighted by Gasteiger charge is -2.31. The molecule has 1 N–H and O–H groups in total. The topological polar surface area (TPSA) is 21.3 Å². The van der Waals surface area contributed by atoms with Gasteiger partial charge in [0.05, 0.1) is 6.61 Å². The van der Waals surface area contributed by atoms with Gasteiger partial charge in [-0.25, -0.2) is 0 Å². The minimum Gasteiger partial charge on any atom is -0.493 e. The van der Waals surface area contributed by atoms with Gasteiger partial charge in [0, 0.05) is 6.04 Å². The number of fused-ring (bicyclic) bond motifs is 1. The van der Waals surface area contributed by atoms with E-state index in [-0.39, 0.29) is 0 Å². The molecule has 0 amide bonds. The van der Waals surface area contributed by atoms with Crippen LogP contribution in [0.2, 0.25) is 0 Å². The molecule has 0 spiro atoms. The molecule has 2 heteroatoms. The Bertz CT molecular complexity index is 439. The summed E-state index contributed by atoms with van der Waals surface area (Å²) >= 11 is 0. The van der Waals surface area contributed by atoms with E-state index in [1.54, 1.807) is 0 Å². The van der Waals surface area contributed by atoms with E-state index in [4.69, 9.17) is 4.74 Å². The molecular weight excluding hydrogens is 258 g/mol. The number of hydrogen-bond acceptors (Lipinski definition) is 2. The van der Waals surface area contributed by atoms with Crippen LogP contribution >= 0.6 is 0 Å². The zero-order valence-electron chi connectivity index (χ0n) is 13.3. The maximum Gasteiger partial charge on any atom is 0.122 e. The highest BCUT2D eigenvalue weighted by Gasteiger charge is 2.25. The van der Waals surface area contributed by atoms with E-state index < -0.39 is 0 Å². The van der Waals surface area contributed by atoms with Crippen molar-refractivity contribution in [3.63, 3.8) is 0 Å². The van der Waals surface area contributed by atoms with Crippen LogP contribution in [0.4, 0.5) is 0 Å². The van der Waals surface area contributed by atoms with E-state index in [1.807, 2.05) is 0 Å². The molecule has 1 aliphatic heterocycles. The first-order chi connectivity index (χ1) is 10.4. The van der Waals surface area contributed by atoms with Gasteiger partial charge in [0.1, 0.15) is 5.75 Å². The number of hydrogen-bond donors (Lipinski definition) is 1. The van der Waals surface area contributed by atoms with Gasteiger partial charge in [0.15, 0.2) is 0 Å². The molecule has 21 heavy (non-hydrogen) atoms. The average molecular weight is 287 g/mol. The Kier molecular flexibility index (Phi) is 5.18. The molecule has 0 radical (unpaired) electrons. The maximum absolute atomic E-state index is 5.80. The van der Waals surface area contributed by atoms with Crippen molar-refractivity contribution in [2.75, 3.05) is 13.7 Å². The minimum absolute atomic E-state index is 0.657. The molecule has 1 saturated carbocycles. The monoisotopic (exact) mass is 287 g/mol. The van der Waals surface area contributed by atoms with Gasteiger partial charge >= 0.3 is 0 Å². The van der Waals surface area contributed by atoms with E-state index in [0.717, 1.165) is 18.3 Å². The van der Waals surface area contributed by atoms with E-state index in [9.17, 15) is 0 Å². The van der Waals surface area contributed by atoms with E-state index >= 15 is 0 Å². The summed E-state index contributed by atoms with van der Waals surface area (Å²) in [5.41, 5.74) is 1.42. The molecule has 1 heterocycles. The maximum atomic E-state index is 5.80. The molecule has 2 nitrogen and oxygen atoms in total. The van der Waals surface area contributed by atoms with Crippen molar-refractivity contribution in [1.29, 1.82) is 0 Å². The van der Waals surface area contributed by atoms with Crippen LogP contribution in [0.25, 0.3) is 0 Å². The van der Waals surface area contributed by atoms with Crippen molar-refractivity contribution in [3.05, 3.63) is 29.8 Å². The summed E-state index contributed by atoms with van der Waals surface area (Å²) < 4.78 is 5.80. The summed E-state index contributed by atoms with van der Waals surface area (Å²) in [5.74, 6) is 2.73. The quantitative estimate of drug-likeness (QED) is 0.861. The first-order valence-corrected chi connectivity index (χ1v) is 8.76. The van der Waals surface area contributed by atoms with Crippen LogP contribution in [-0.4, -0.2) is 19.7 Å². The summed E-state index contributed by atoms with van der Waals surface area (Å²) in [7, 11) is 2.14. The molecule has 2 unspecified atom stereocenters. The SMILES string of the molecule is CNC(CC1CCCCC1)CC1CCOc2ccccc21. The average Bonchev–Trinajstić information content (AvgIpc) is 2.55. The highest BCUT2D eigenvalue weighted by molar-refractivity contribution is 5.37. The lowest BCUT2D eigenvalue weighted by molar-refractivity contribution is 0.242. The van der Waals surface area contributed by atoms with Crippen molar-refractivity contribution >= 4 is 0 Å². The second-order valence-electron chi connectivity index (χ2n) is 6.83. The van der Waals surface area contributed by atoms with Crippen LogP contribution in [-0.2, 0) is 0 Å². The highest BCUT2D eigenvalue weighted by Crippen LogP contribution is 2.37. The van der Waals surface area contributed by atoms with Gasteiger partial charge in [-0.3, -0.25) is 0 Å². The van der Waals surface area contributed by atoms with Crippen LogP contribution in [0.3, 0.4) is 0 Å².